The van der Waals surface area contributed by atoms with E-state index < -0.39 is 16.1 Å². The van der Waals surface area contributed by atoms with Crippen LogP contribution >= 0.6 is 0 Å². The third-order valence-electron chi connectivity index (χ3n) is 7.12. The number of benzene rings is 1. The molecule has 3 aliphatic rings. The Labute approximate surface area is 197 Å². The molecule has 1 heterocycles. The summed E-state index contributed by atoms with van der Waals surface area (Å²) < 4.78 is 34.9. The number of amides is 1. The third kappa shape index (κ3) is 5.28. The minimum atomic E-state index is -3.85. The summed E-state index contributed by atoms with van der Waals surface area (Å²) in [7, 11) is -2.06. The molecule has 0 radical (unpaired) electrons. The number of carbonyl (C=O) groups is 1. The van der Waals surface area contributed by atoms with Crippen LogP contribution in [0.5, 0.6) is 5.75 Å². The molecule has 1 fully saturated rings. The molecule has 0 bridgehead atoms. The molecular weight excluding hydrogens is 440 g/mol. The largest absolute Gasteiger partial charge is 0.487 e. The predicted molar refractivity (Wildman–Crippen MR) is 127 cm³/mol. The first-order chi connectivity index (χ1) is 15.7. The van der Waals surface area contributed by atoms with Gasteiger partial charge in [-0.05, 0) is 68.2 Å². The molecule has 1 N–H and O–H groups in total. The summed E-state index contributed by atoms with van der Waals surface area (Å²) in [5.41, 5.74) is 2.19. The SMILES string of the molecule is C[C@H](CO)N1C[C@H](C)[C@@H](CN(C)C(=O)CC2CC2)Oc2cc(C3=CCCC3)ccc2S1(=O)=O. The number of hydrogen-bond donors (Lipinski definition) is 1. The van der Waals surface area contributed by atoms with Gasteiger partial charge in [-0.3, -0.25) is 4.79 Å². The number of ether oxygens (including phenoxy) is 1. The van der Waals surface area contributed by atoms with Crippen LogP contribution in [-0.2, 0) is 14.8 Å². The number of nitrogens with zero attached hydrogens (tertiary/aromatic N) is 2. The van der Waals surface area contributed by atoms with E-state index in [-0.39, 0.29) is 36.0 Å². The molecule has 2 aliphatic carbocycles. The molecule has 4 rings (SSSR count). The number of likely N-dealkylation sites (N-methyl/N-ethyl adjacent to an activating group) is 1. The molecule has 182 valence electrons. The molecule has 3 atom stereocenters. The zero-order valence-corrected chi connectivity index (χ0v) is 20.7. The molecule has 0 spiro atoms. The van der Waals surface area contributed by atoms with E-state index in [1.54, 1.807) is 24.9 Å². The summed E-state index contributed by atoms with van der Waals surface area (Å²) in [6.45, 7) is 4.00. The first kappa shape index (κ1) is 24.2. The molecule has 33 heavy (non-hydrogen) atoms. The van der Waals surface area contributed by atoms with Crippen molar-refractivity contribution in [1.82, 2.24) is 9.21 Å². The number of carbonyl (C=O) groups excluding carboxylic acids is 1. The summed E-state index contributed by atoms with van der Waals surface area (Å²) in [6.07, 6.45) is 7.73. The quantitative estimate of drug-likeness (QED) is 0.653. The molecule has 1 amide bonds. The van der Waals surface area contributed by atoms with Crippen molar-refractivity contribution in [2.45, 2.75) is 69.4 Å². The molecular formula is C25H36N2O5S. The van der Waals surface area contributed by atoms with Crippen molar-refractivity contribution in [2.24, 2.45) is 11.8 Å². The lowest BCUT2D eigenvalue weighted by atomic mass is 10.0. The molecule has 0 unspecified atom stereocenters. The van der Waals surface area contributed by atoms with Gasteiger partial charge in [0.2, 0.25) is 15.9 Å². The van der Waals surface area contributed by atoms with Crippen LogP contribution in [0.15, 0.2) is 29.2 Å². The Morgan fingerprint density at radius 1 is 1.33 bits per heavy atom. The Balaban J connectivity index is 1.69. The number of aliphatic hydroxyl groups is 1. The molecule has 8 heteroatoms. The van der Waals surface area contributed by atoms with Crippen molar-refractivity contribution < 1.29 is 23.1 Å². The average molecular weight is 477 g/mol. The van der Waals surface area contributed by atoms with Crippen molar-refractivity contribution in [3.05, 3.63) is 29.8 Å². The van der Waals surface area contributed by atoms with Crippen LogP contribution in [0.1, 0.15) is 57.9 Å². The standard InChI is InChI=1S/C25H36N2O5S/c1-17-14-27(18(2)16-28)33(30,31)24-11-10-21(20-6-4-5-7-20)13-22(24)32-23(17)15-26(3)25(29)12-19-8-9-19/h6,10-11,13,17-19,23,28H,4-5,7-9,12,14-16H2,1-3H3/t17-,18+,23+/m0/s1. The highest BCUT2D eigenvalue weighted by molar-refractivity contribution is 7.89. The summed E-state index contributed by atoms with van der Waals surface area (Å²) in [4.78, 5) is 14.5. The maximum atomic E-state index is 13.6. The number of rotatable bonds is 7. The smallest absolute Gasteiger partial charge is 0.247 e. The van der Waals surface area contributed by atoms with Gasteiger partial charge in [0.15, 0.2) is 0 Å². The van der Waals surface area contributed by atoms with Crippen LogP contribution < -0.4 is 4.74 Å². The van der Waals surface area contributed by atoms with Crippen LogP contribution in [0, 0.1) is 11.8 Å². The fourth-order valence-corrected chi connectivity index (χ4v) is 6.50. The number of sulfonamides is 1. The topological polar surface area (TPSA) is 87.2 Å². The molecule has 1 aliphatic heterocycles. The minimum absolute atomic E-state index is 0.105. The van der Waals surface area contributed by atoms with Gasteiger partial charge in [0.05, 0.1) is 13.2 Å². The second-order valence-electron chi connectivity index (χ2n) is 9.94. The molecule has 0 aromatic heterocycles. The van der Waals surface area contributed by atoms with Crippen LogP contribution in [-0.4, -0.2) is 67.5 Å². The van der Waals surface area contributed by atoms with E-state index >= 15 is 0 Å². The van der Waals surface area contributed by atoms with Gasteiger partial charge < -0.3 is 14.7 Å². The summed E-state index contributed by atoms with van der Waals surface area (Å²) in [5.74, 6) is 0.765. The van der Waals surface area contributed by atoms with Gasteiger partial charge in [0.25, 0.3) is 0 Å². The van der Waals surface area contributed by atoms with Crippen molar-refractivity contribution in [2.75, 3.05) is 26.7 Å². The van der Waals surface area contributed by atoms with Crippen molar-refractivity contribution >= 4 is 21.5 Å². The van der Waals surface area contributed by atoms with E-state index in [0.717, 1.165) is 37.7 Å². The minimum Gasteiger partial charge on any atom is -0.487 e. The van der Waals surface area contributed by atoms with Gasteiger partial charge in [-0.1, -0.05) is 19.1 Å². The second-order valence-corrected chi connectivity index (χ2v) is 11.8. The molecule has 1 aromatic rings. The van der Waals surface area contributed by atoms with Crippen LogP contribution in [0.3, 0.4) is 0 Å². The monoisotopic (exact) mass is 476 g/mol. The number of allylic oxidation sites excluding steroid dienone is 2. The molecule has 1 saturated carbocycles. The third-order valence-corrected chi connectivity index (χ3v) is 9.14. The van der Waals surface area contributed by atoms with Crippen molar-refractivity contribution in [3.8, 4) is 5.75 Å². The van der Waals surface area contributed by atoms with Crippen molar-refractivity contribution in [3.63, 3.8) is 0 Å². The molecule has 1 aromatic carbocycles. The number of fused-ring (bicyclic) bond motifs is 1. The second kappa shape index (κ2) is 9.76. The van der Waals surface area contributed by atoms with Gasteiger partial charge in [0.1, 0.15) is 16.7 Å². The number of hydrogen-bond acceptors (Lipinski definition) is 5. The highest BCUT2D eigenvalue weighted by Crippen LogP contribution is 2.38. The van der Waals surface area contributed by atoms with E-state index in [0.29, 0.717) is 24.6 Å². The Morgan fingerprint density at radius 2 is 2.09 bits per heavy atom. The van der Waals surface area contributed by atoms with E-state index in [2.05, 4.69) is 6.08 Å². The van der Waals surface area contributed by atoms with Crippen molar-refractivity contribution in [1.29, 1.82) is 0 Å². The highest BCUT2D eigenvalue weighted by atomic mass is 32.2. The fourth-order valence-electron chi connectivity index (χ4n) is 4.67. The van der Waals surface area contributed by atoms with Crippen LogP contribution in [0.2, 0.25) is 0 Å². The van der Waals surface area contributed by atoms with Gasteiger partial charge in [-0.2, -0.15) is 4.31 Å². The van der Waals surface area contributed by atoms with E-state index in [1.807, 2.05) is 19.1 Å². The maximum Gasteiger partial charge on any atom is 0.247 e. The zero-order chi connectivity index (χ0) is 23.8. The van der Waals surface area contributed by atoms with Gasteiger partial charge in [-0.15, -0.1) is 0 Å². The fraction of sp³-hybridized carbons (Fsp3) is 0.640. The molecule has 0 saturated heterocycles. The van der Waals surface area contributed by atoms with E-state index in [1.165, 1.54) is 9.88 Å². The maximum absolute atomic E-state index is 13.6. The lowest BCUT2D eigenvalue weighted by Crippen LogP contribution is -2.50. The lowest BCUT2D eigenvalue weighted by molar-refractivity contribution is -0.131. The normalized spacial score (nSPS) is 25.9. The van der Waals surface area contributed by atoms with Crippen LogP contribution in [0.25, 0.3) is 5.57 Å². The Bertz CT molecular complexity index is 1020. The Morgan fingerprint density at radius 3 is 2.73 bits per heavy atom. The first-order valence-corrected chi connectivity index (χ1v) is 13.5. The first-order valence-electron chi connectivity index (χ1n) is 12.1. The zero-order valence-electron chi connectivity index (χ0n) is 19.9. The lowest BCUT2D eigenvalue weighted by Gasteiger charge is -2.37. The summed E-state index contributed by atoms with van der Waals surface area (Å²) in [6, 6.07) is 4.76. The van der Waals surface area contributed by atoms with Crippen LogP contribution in [0.4, 0.5) is 0 Å². The average Bonchev–Trinajstić information content (AvgIpc) is 3.43. The van der Waals surface area contributed by atoms with E-state index in [4.69, 9.17) is 4.74 Å². The van der Waals surface area contributed by atoms with E-state index in [9.17, 15) is 18.3 Å². The predicted octanol–water partition coefficient (Wildman–Crippen LogP) is 3.28. The summed E-state index contributed by atoms with van der Waals surface area (Å²) >= 11 is 0. The Hall–Kier alpha value is -1.90. The number of aliphatic hydroxyl groups excluding tert-OH is 1. The van der Waals surface area contributed by atoms with Gasteiger partial charge in [-0.25, -0.2) is 8.42 Å². The van der Waals surface area contributed by atoms with Gasteiger partial charge >= 0.3 is 0 Å². The Kier molecular flexibility index (Phi) is 7.17. The summed E-state index contributed by atoms with van der Waals surface area (Å²) in [5, 5.41) is 9.78. The highest BCUT2D eigenvalue weighted by Gasteiger charge is 2.38. The van der Waals surface area contributed by atoms with Gasteiger partial charge in [0, 0.05) is 32.0 Å². The molecule has 7 nitrogen and oxygen atoms in total.